The lowest BCUT2D eigenvalue weighted by molar-refractivity contribution is 0.102. The van der Waals surface area contributed by atoms with Crippen LogP contribution in [0, 0.1) is 24.6 Å². The van der Waals surface area contributed by atoms with E-state index in [1.807, 2.05) is 0 Å². The molecule has 0 aliphatic heterocycles. The number of carbonyl (C=O) groups excluding carboxylic acids is 1. The fourth-order valence-electron chi connectivity index (χ4n) is 1.76. The molecule has 0 saturated heterocycles. The van der Waals surface area contributed by atoms with Crippen LogP contribution in [-0.2, 0) is 0 Å². The van der Waals surface area contributed by atoms with Crippen LogP contribution in [0.25, 0.3) is 0 Å². The number of aryl methyl sites for hydroxylation is 1. The minimum absolute atomic E-state index is 0.0987. The average molecular weight is 283 g/mol. The van der Waals surface area contributed by atoms with Crippen molar-refractivity contribution in [3.8, 4) is 11.8 Å². The number of halogens is 1. The third-order valence-corrected chi connectivity index (χ3v) is 2.80. The van der Waals surface area contributed by atoms with Crippen molar-refractivity contribution in [2.75, 3.05) is 11.9 Å². The number of amides is 1. The van der Waals surface area contributed by atoms with E-state index in [9.17, 15) is 9.18 Å². The number of hydrogen-bond donors (Lipinski definition) is 2. The Morgan fingerprint density at radius 1 is 1.43 bits per heavy atom. The minimum atomic E-state index is -0.547. The summed E-state index contributed by atoms with van der Waals surface area (Å²) in [5, 5.41) is 2.52. The zero-order chi connectivity index (χ0) is 15.2. The number of anilines is 1. The molecule has 0 spiro atoms. The van der Waals surface area contributed by atoms with Gasteiger partial charge >= 0.3 is 0 Å². The van der Waals surface area contributed by atoms with Crippen LogP contribution in [0.3, 0.4) is 0 Å². The van der Waals surface area contributed by atoms with E-state index in [2.05, 4.69) is 22.1 Å². The summed E-state index contributed by atoms with van der Waals surface area (Å²) in [7, 11) is 0. The van der Waals surface area contributed by atoms with Crippen molar-refractivity contribution in [3.63, 3.8) is 0 Å². The second kappa shape index (κ2) is 6.64. The molecule has 1 aromatic carbocycles. The van der Waals surface area contributed by atoms with Gasteiger partial charge in [0.1, 0.15) is 5.82 Å². The van der Waals surface area contributed by atoms with E-state index in [4.69, 9.17) is 5.73 Å². The first-order valence-corrected chi connectivity index (χ1v) is 6.33. The summed E-state index contributed by atoms with van der Waals surface area (Å²) in [5.74, 6) is 4.42. The molecule has 2 aromatic rings. The topological polar surface area (TPSA) is 68.0 Å². The first kappa shape index (κ1) is 14.7. The van der Waals surface area contributed by atoms with Gasteiger partial charge in [0.15, 0.2) is 0 Å². The number of nitrogens with zero attached hydrogens (tertiary/aromatic N) is 1. The Morgan fingerprint density at radius 2 is 2.24 bits per heavy atom. The fraction of sp³-hybridized carbons (Fsp3) is 0.125. The van der Waals surface area contributed by atoms with E-state index in [0.29, 0.717) is 16.8 Å². The van der Waals surface area contributed by atoms with Crippen LogP contribution < -0.4 is 11.1 Å². The normalized spacial score (nSPS) is 9.67. The fourth-order valence-corrected chi connectivity index (χ4v) is 1.76. The highest BCUT2D eigenvalue weighted by Crippen LogP contribution is 2.17. The van der Waals surface area contributed by atoms with E-state index >= 15 is 0 Å². The summed E-state index contributed by atoms with van der Waals surface area (Å²) in [6, 6.07) is 7.64. The van der Waals surface area contributed by atoms with Gasteiger partial charge in [-0.05, 0) is 37.3 Å². The molecule has 106 valence electrons. The smallest absolute Gasteiger partial charge is 0.257 e. The van der Waals surface area contributed by atoms with Crippen molar-refractivity contribution in [3.05, 3.63) is 59.2 Å². The SMILES string of the molecule is Cc1ncccc1C(=O)Nc1ccc(C#CCN)cc1F. The van der Waals surface area contributed by atoms with Crippen LogP contribution in [-0.4, -0.2) is 17.4 Å². The lowest BCUT2D eigenvalue weighted by atomic mass is 10.1. The molecule has 0 fully saturated rings. The third kappa shape index (κ3) is 3.65. The number of nitrogens with two attached hydrogens (primary N) is 1. The largest absolute Gasteiger partial charge is 0.320 e. The van der Waals surface area contributed by atoms with Gasteiger partial charge in [-0.15, -0.1) is 0 Å². The molecule has 1 amide bonds. The van der Waals surface area contributed by atoms with Crippen molar-refractivity contribution < 1.29 is 9.18 Å². The van der Waals surface area contributed by atoms with Crippen molar-refractivity contribution >= 4 is 11.6 Å². The maximum atomic E-state index is 13.9. The summed E-state index contributed by atoms with van der Waals surface area (Å²) < 4.78 is 13.9. The molecule has 0 radical (unpaired) electrons. The Hall–Kier alpha value is -2.71. The van der Waals surface area contributed by atoms with E-state index in [1.165, 1.54) is 12.1 Å². The number of hydrogen-bond acceptors (Lipinski definition) is 3. The molecule has 0 aliphatic carbocycles. The first-order chi connectivity index (χ1) is 10.1. The maximum Gasteiger partial charge on any atom is 0.257 e. The van der Waals surface area contributed by atoms with Gasteiger partial charge in [-0.25, -0.2) is 4.39 Å². The van der Waals surface area contributed by atoms with Crippen LogP contribution in [0.15, 0.2) is 36.5 Å². The van der Waals surface area contributed by atoms with Gasteiger partial charge in [-0.2, -0.15) is 0 Å². The Bertz CT molecular complexity index is 732. The number of aromatic nitrogens is 1. The molecule has 0 aliphatic rings. The zero-order valence-electron chi connectivity index (χ0n) is 11.5. The molecule has 0 bridgehead atoms. The van der Waals surface area contributed by atoms with E-state index in [1.54, 1.807) is 31.3 Å². The summed E-state index contributed by atoms with van der Waals surface area (Å²) >= 11 is 0. The van der Waals surface area contributed by atoms with Gasteiger partial charge in [0, 0.05) is 17.5 Å². The van der Waals surface area contributed by atoms with Crippen molar-refractivity contribution in [1.29, 1.82) is 0 Å². The maximum absolute atomic E-state index is 13.9. The first-order valence-electron chi connectivity index (χ1n) is 6.33. The number of rotatable bonds is 2. The number of benzene rings is 1. The molecule has 0 unspecified atom stereocenters. The Balaban J connectivity index is 2.20. The van der Waals surface area contributed by atoms with E-state index < -0.39 is 11.7 Å². The quantitative estimate of drug-likeness (QED) is 0.829. The molecule has 1 aromatic heterocycles. The molecule has 0 saturated carbocycles. The predicted octanol–water partition coefficient (Wildman–Crippen LogP) is 2.09. The second-order valence-corrected chi connectivity index (χ2v) is 4.29. The molecule has 21 heavy (non-hydrogen) atoms. The average Bonchev–Trinajstić information content (AvgIpc) is 2.48. The lowest BCUT2D eigenvalue weighted by Crippen LogP contribution is -2.14. The summed E-state index contributed by atoms with van der Waals surface area (Å²) in [6.45, 7) is 1.93. The van der Waals surface area contributed by atoms with Crippen LogP contribution >= 0.6 is 0 Å². The Morgan fingerprint density at radius 3 is 2.90 bits per heavy atom. The van der Waals surface area contributed by atoms with Gasteiger partial charge < -0.3 is 11.1 Å². The molecular formula is C16H14FN3O. The van der Waals surface area contributed by atoms with Crippen molar-refractivity contribution in [2.45, 2.75) is 6.92 Å². The standard InChI is InChI=1S/C16H14FN3O/c1-11-13(5-3-9-19-11)16(21)20-15-7-6-12(4-2-8-18)10-14(15)17/h3,5-7,9-10H,8,18H2,1H3,(H,20,21). The highest BCUT2D eigenvalue weighted by molar-refractivity contribution is 6.05. The number of nitrogens with one attached hydrogen (secondary N) is 1. The van der Waals surface area contributed by atoms with Crippen LogP contribution in [0.2, 0.25) is 0 Å². The second-order valence-electron chi connectivity index (χ2n) is 4.29. The van der Waals surface area contributed by atoms with E-state index in [-0.39, 0.29) is 12.2 Å². The highest BCUT2D eigenvalue weighted by atomic mass is 19.1. The van der Waals surface area contributed by atoms with Crippen LogP contribution in [0.1, 0.15) is 21.6 Å². The minimum Gasteiger partial charge on any atom is -0.320 e. The van der Waals surface area contributed by atoms with Crippen molar-refractivity contribution in [2.24, 2.45) is 5.73 Å². The van der Waals surface area contributed by atoms with Gasteiger partial charge in [0.25, 0.3) is 5.91 Å². The van der Waals surface area contributed by atoms with Crippen LogP contribution in [0.5, 0.6) is 0 Å². The predicted molar refractivity (Wildman–Crippen MR) is 79.3 cm³/mol. The summed E-state index contributed by atoms with van der Waals surface area (Å²) in [5.41, 5.74) is 6.86. The number of pyridine rings is 1. The van der Waals surface area contributed by atoms with Crippen LogP contribution in [0.4, 0.5) is 10.1 Å². The summed E-state index contributed by atoms with van der Waals surface area (Å²) in [6.07, 6.45) is 1.59. The molecule has 1 heterocycles. The van der Waals surface area contributed by atoms with Gasteiger partial charge in [-0.1, -0.05) is 11.8 Å². The molecule has 3 N–H and O–H groups in total. The molecule has 4 nitrogen and oxygen atoms in total. The molecule has 5 heteroatoms. The van der Waals surface area contributed by atoms with E-state index in [0.717, 1.165) is 0 Å². The third-order valence-electron chi connectivity index (χ3n) is 2.80. The Kier molecular flexibility index (Phi) is 4.64. The van der Waals surface area contributed by atoms with Gasteiger partial charge in [-0.3, -0.25) is 9.78 Å². The summed E-state index contributed by atoms with van der Waals surface area (Å²) in [4.78, 5) is 16.1. The Labute approximate surface area is 122 Å². The van der Waals surface area contributed by atoms with Gasteiger partial charge in [0.05, 0.1) is 17.8 Å². The number of carbonyl (C=O) groups is 1. The lowest BCUT2D eigenvalue weighted by Gasteiger charge is -2.08. The molecule has 2 rings (SSSR count). The zero-order valence-corrected chi connectivity index (χ0v) is 11.5. The van der Waals surface area contributed by atoms with Crippen molar-refractivity contribution in [1.82, 2.24) is 4.98 Å². The monoisotopic (exact) mass is 283 g/mol. The highest BCUT2D eigenvalue weighted by Gasteiger charge is 2.12. The molecule has 0 atom stereocenters. The molecular weight excluding hydrogens is 269 g/mol. The van der Waals surface area contributed by atoms with Gasteiger partial charge in [0.2, 0.25) is 0 Å².